The fraction of sp³-hybridized carbons (Fsp3) is 0.190. The van der Waals surface area contributed by atoms with Crippen molar-refractivity contribution in [3.05, 3.63) is 70.5 Å². The molecule has 0 aliphatic rings. The van der Waals surface area contributed by atoms with Crippen LogP contribution in [-0.4, -0.2) is 29.4 Å². The van der Waals surface area contributed by atoms with Crippen LogP contribution in [0.1, 0.15) is 19.4 Å². The number of hydrogen-bond donors (Lipinski definition) is 2. The third kappa shape index (κ3) is 4.97. The van der Waals surface area contributed by atoms with E-state index < -0.39 is 0 Å². The first kappa shape index (κ1) is 19.2. The molecule has 28 heavy (non-hydrogen) atoms. The van der Waals surface area contributed by atoms with Gasteiger partial charge in [0.05, 0.1) is 25.1 Å². The lowest BCUT2D eigenvalue weighted by Gasteiger charge is -2.13. The van der Waals surface area contributed by atoms with Crippen LogP contribution in [0.3, 0.4) is 0 Å². The molecular weight excluding hydrogens is 356 g/mol. The molecule has 7 heteroatoms. The van der Waals surface area contributed by atoms with Crippen LogP contribution in [-0.2, 0) is 0 Å². The minimum absolute atomic E-state index is 0.0224. The highest BCUT2D eigenvalue weighted by molar-refractivity contribution is 5.81. The zero-order valence-corrected chi connectivity index (χ0v) is 16.0. The number of hydrogen-bond acceptors (Lipinski definition) is 6. The topological polar surface area (TPSA) is 88.6 Å². The maximum absolute atomic E-state index is 11.9. The Morgan fingerprint density at radius 1 is 1.11 bits per heavy atom. The Kier molecular flexibility index (Phi) is 6.06. The summed E-state index contributed by atoms with van der Waals surface area (Å²) in [5.41, 5.74) is 4.74. The van der Waals surface area contributed by atoms with E-state index in [9.17, 15) is 4.79 Å². The van der Waals surface area contributed by atoms with Gasteiger partial charge in [0.25, 0.3) is 5.56 Å². The Bertz CT molecular complexity index is 1010. The van der Waals surface area contributed by atoms with E-state index in [1.54, 1.807) is 13.3 Å². The molecule has 0 radical (unpaired) electrons. The summed E-state index contributed by atoms with van der Waals surface area (Å²) in [4.78, 5) is 18.9. The van der Waals surface area contributed by atoms with Crippen LogP contribution in [0.15, 0.2) is 64.5 Å². The van der Waals surface area contributed by atoms with Gasteiger partial charge in [0.1, 0.15) is 0 Å². The largest absolute Gasteiger partial charge is 0.493 e. The van der Waals surface area contributed by atoms with Crippen molar-refractivity contribution in [1.82, 2.24) is 9.97 Å². The number of H-pyrrole nitrogens is 1. The number of rotatable bonds is 7. The molecule has 0 atom stereocenters. The lowest BCUT2D eigenvalue weighted by atomic mass is 10.1. The summed E-state index contributed by atoms with van der Waals surface area (Å²) in [6.45, 7) is 3.90. The van der Waals surface area contributed by atoms with Gasteiger partial charge in [-0.05, 0) is 37.6 Å². The number of benzene rings is 2. The van der Waals surface area contributed by atoms with Gasteiger partial charge in [-0.15, -0.1) is 0 Å². The fourth-order valence-electron chi connectivity index (χ4n) is 2.55. The zero-order chi connectivity index (χ0) is 19.9. The van der Waals surface area contributed by atoms with Crippen molar-refractivity contribution in [2.45, 2.75) is 20.0 Å². The molecule has 1 aromatic heterocycles. The van der Waals surface area contributed by atoms with Gasteiger partial charge >= 0.3 is 0 Å². The van der Waals surface area contributed by atoms with Crippen LogP contribution in [0.5, 0.6) is 11.5 Å². The molecule has 0 unspecified atom stereocenters. The van der Waals surface area contributed by atoms with Gasteiger partial charge in [-0.25, -0.2) is 10.4 Å². The number of methoxy groups -OCH3 is 1. The van der Waals surface area contributed by atoms with Gasteiger partial charge in [-0.3, -0.25) is 9.78 Å². The quantitative estimate of drug-likeness (QED) is 0.484. The van der Waals surface area contributed by atoms with Crippen LogP contribution in [0, 0.1) is 0 Å². The van der Waals surface area contributed by atoms with Crippen molar-refractivity contribution in [2.24, 2.45) is 5.10 Å². The second-order valence-corrected chi connectivity index (χ2v) is 6.29. The zero-order valence-electron chi connectivity index (χ0n) is 16.0. The lowest BCUT2D eigenvalue weighted by molar-refractivity contribution is 0.230. The fourth-order valence-corrected chi connectivity index (χ4v) is 2.55. The predicted octanol–water partition coefficient (Wildman–Crippen LogP) is 3.68. The van der Waals surface area contributed by atoms with Crippen LogP contribution in [0.4, 0.5) is 5.95 Å². The number of ether oxygens (including phenoxy) is 2. The van der Waals surface area contributed by atoms with Crippen LogP contribution < -0.4 is 20.5 Å². The molecule has 0 aliphatic heterocycles. The molecule has 1 heterocycles. The second kappa shape index (κ2) is 8.85. The molecular formula is C21H22N4O3. The number of nitrogens with one attached hydrogen (secondary N) is 2. The van der Waals surface area contributed by atoms with Crippen molar-refractivity contribution >= 4 is 12.2 Å². The molecule has 3 aromatic rings. The highest BCUT2D eigenvalue weighted by atomic mass is 16.5. The highest BCUT2D eigenvalue weighted by Gasteiger charge is 2.07. The highest BCUT2D eigenvalue weighted by Crippen LogP contribution is 2.28. The van der Waals surface area contributed by atoms with Gasteiger partial charge in [0.2, 0.25) is 5.95 Å². The van der Waals surface area contributed by atoms with E-state index in [0.29, 0.717) is 17.2 Å². The Balaban J connectivity index is 1.78. The summed E-state index contributed by atoms with van der Waals surface area (Å²) < 4.78 is 11.1. The molecule has 0 spiro atoms. The molecule has 0 amide bonds. The third-order valence-electron chi connectivity index (χ3n) is 3.75. The molecule has 2 N–H and O–H groups in total. The van der Waals surface area contributed by atoms with Crippen molar-refractivity contribution in [2.75, 3.05) is 12.5 Å². The molecule has 0 saturated heterocycles. The summed E-state index contributed by atoms with van der Waals surface area (Å²) in [5, 5.41) is 4.16. The summed E-state index contributed by atoms with van der Waals surface area (Å²) in [6.07, 6.45) is 1.64. The first-order valence-electron chi connectivity index (χ1n) is 8.85. The van der Waals surface area contributed by atoms with Crippen molar-refractivity contribution in [3.63, 3.8) is 0 Å². The monoisotopic (exact) mass is 378 g/mol. The Morgan fingerprint density at radius 3 is 2.61 bits per heavy atom. The summed E-state index contributed by atoms with van der Waals surface area (Å²) in [7, 11) is 1.60. The maximum atomic E-state index is 11.9. The molecule has 3 rings (SSSR count). The summed E-state index contributed by atoms with van der Waals surface area (Å²) in [6, 6.07) is 16.4. The minimum atomic E-state index is -0.261. The molecule has 144 valence electrons. The van der Waals surface area contributed by atoms with E-state index in [1.807, 2.05) is 62.4 Å². The standard InChI is InChI=1S/C21H22N4O3/c1-14(2)28-19-11-15(9-10-18(19)27-3)13-22-25-21-23-17(12-20(26)24-21)16-7-5-4-6-8-16/h4-14H,1-3H3,(H2,23,24,25,26)/b22-13-. The van der Waals surface area contributed by atoms with E-state index in [-0.39, 0.29) is 17.6 Å². The average Bonchev–Trinajstić information content (AvgIpc) is 2.68. The Labute approximate surface area is 163 Å². The van der Waals surface area contributed by atoms with E-state index in [1.165, 1.54) is 6.07 Å². The van der Waals surface area contributed by atoms with E-state index in [2.05, 4.69) is 20.5 Å². The first-order valence-corrected chi connectivity index (χ1v) is 8.85. The normalized spacial score (nSPS) is 11.0. The van der Waals surface area contributed by atoms with E-state index in [0.717, 1.165) is 11.1 Å². The summed E-state index contributed by atoms with van der Waals surface area (Å²) in [5.74, 6) is 1.55. The van der Waals surface area contributed by atoms with E-state index >= 15 is 0 Å². The predicted molar refractivity (Wildman–Crippen MR) is 110 cm³/mol. The van der Waals surface area contributed by atoms with Crippen molar-refractivity contribution < 1.29 is 9.47 Å². The van der Waals surface area contributed by atoms with Gasteiger partial charge in [-0.2, -0.15) is 5.10 Å². The minimum Gasteiger partial charge on any atom is -0.493 e. The number of aromatic amines is 1. The van der Waals surface area contributed by atoms with Crippen molar-refractivity contribution in [3.8, 4) is 22.8 Å². The van der Waals surface area contributed by atoms with Crippen LogP contribution in [0.25, 0.3) is 11.3 Å². The van der Waals surface area contributed by atoms with Gasteiger partial charge in [0, 0.05) is 11.6 Å². The smallest absolute Gasteiger partial charge is 0.252 e. The molecule has 0 bridgehead atoms. The molecule has 0 fully saturated rings. The number of aromatic nitrogens is 2. The summed E-state index contributed by atoms with van der Waals surface area (Å²) >= 11 is 0. The third-order valence-corrected chi connectivity index (χ3v) is 3.75. The van der Waals surface area contributed by atoms with Gasteiger partial charge < -0.3 is 9.47 Å². The molecule has 7 nitrogen and oxygen atoms in total. The van der Waals surface area contributed by atoms with Gasteiger partial charge in [-0.1, -0.05) is 30.3 Å². The maximum Gasteiger partial charge on any atom is 0.252 e. The van der Waals surface area contributed by atoms with Crippen LogP contribution in [0.2, 0.25) is 0 Å². The van der Waals surface area contributed by atoms with Gasteiger partial charge in [0.15, 0.2) is 11.5 Å². The number of hydrazone groups is 1. The first-order chi connectivity index (χ1) is 13.5. The second-order valence-electron chi connectivity index (χ2n) is 6.29. The Morgan fingerprint density at radius 2 is 1.89 bits per heavy atom. The Hall–Kier alpha value is -3.61. The van der Waals surface area contributed by atoms with Crippen molar-refractivity contribution in [1.29, 1.82) is 0 Å². The lowest BCUT2D eigenvalue weighted by Crippen LogP contribution is -2.10. The number of anilines is 1. The average molecular weight is 378 g/mol. The molecule has 2 aromatic carbocycles. The van der Waals surface area contributed by atoms with E-state index in [4.69, 9.17) is 9.47 Å². The van der Waals surface area contributed by atoms with Crippen LogP contribution >= 0.6 is 0 Å². The number of nitrogens with zero attached hydrogens (tertiary/aromatic N) is 2. The molecule has 0 aliphatic carbocycles. The molecule has 0 saturated carbocycles. The SMILES string of the molecule is COc1ccc(/C=N\Nc2nc(-c3ccccc3)cc(=O)[nH]2)cc1OC(C)C.